The topological polar surface area (TPSA) is 35.6 Å². The summed E-state index contributed by atoms with van der Waals surface area (Å²) in [6, 6.07) is 1.31. The number of rotatable bonds is 5. The molecule has 0 aromatic heterocycles. The zero-order valence-corrected chi connectivity index (χ0v) is 11.1. The third kappa shape index (κ3) is 3.96. The molecule has 0 aromatic rings. The van der Waals surface area contributed by atoms with Crippen LogP contribution < -0.4 is 5.32 Å². The molecule has 4 heteroatoms. The van der Waals surface area contributed by atoms with Crippen molar-refractivity contribution in [3.63, 3.8) is 0 Å². The number of piperazine rings is 1. The Morgan fingerprint density at radius 1 is 1.24 bits per heavy atom. The maximum absolute atomic E-state index is 11.9. The Hall–Kier alpha value is -0.610. The van der Waals surface area contributed by atoms with Gasteiger partial charge in [-0.2, -0.15) is 0 Å². The van der Waals surface area contributed by atoms with Crippen molar-refractivity contribution < 1.29 is 4.79 Å². The largest absolute Gasteiger partial charge is 0.340 e. The summed E-state index contributed by atoms with van der Waals surface area (Å²) in [5, 5.41) is 3.29. The van der Waals surface area contributed by atoms with Gasteiger partial charge in [0.2, 0.25) is 5.91 Å². The van der Waals surface area contributed by atoms with Gasteiger partial charge in [0.05, 0.1) is 0 Å². The third-order valence-corrected chi connectivity index (χ3v) is 3.62. The van der Waals surface area contributed by atoms with E-state index in [0.29, 0.717) is 18.4 Å². The third-order valence-electron chi connectivity index (χ3n) is 3.62. The van der Waals surface area contributed by atoms with E-state index in [4.69, 9.17) is 0 Å². The van der Waals surface area contributed by atoms with E-state index < -0.39 is 0 Å². The molecule has 1 heterocycles. The Kier molecular flexibility index (Phi) is 4.40. The molecule has 0 radical (unpaired) electrons. The van der Waals surface area contributed by atoms with E-state index in [1.54, 1.807) is 0 Å². The van der Waals surface area contributed by atoms with Crippen molar-refractivity contribution in [2.24, 2.45) is 0 Å². The first-order valence-electron chi connectivity index (χ1n) is 6.92. The fourth-order valence-corrected chi connectivity index (χ4v) is 2.40. The number of hydrogen-bond acceptors (Lipinski definition) is 3. The highest BCUT2D eigenvalue weighted by Gasteiger charge is 2.31. The van der Waals surface area contributed by atoms with Crippen LogP contribution in [0.3, 0.4) is 0 Å². The number of amides is 1. The first kappa shape index (κ1) is 12.8. The molecule has 0 unspecified atom stereocenters. The van der Waals surface area contributed by atoms with E-state index in [2.05, 4.69) is 24.1 Å². The molecule has 0 atom stereocenters. The lowest BCUT2D eigenvalue weighted by atomic mass is 10.2. The van der Waals surface area contributed by atoms with Gasteiger partial charge < -0.3 is 10.2 Å². The molecule has 2 aliphatic rings. The molecule has 4 nitrogen and oxygen atoms in total. The number of nitrogens with one attached hydrogen (secondary N) is 1. The van der Waals surface area contributed by atoms with Gasteiger partial charge in [0.1, 0.15) is 0 Å². The first-order valence-corrected chi connectivity index (χ1v) is 6.92. The summed E-state index contributed by atoms with van der Waals surface area (Å²) in [6.45, 7) is 9.03. The van der Waals surface area contributed by atoms with Crippen molar-refractivity contribution >= 4 is 5.91 Å². The van der Waals surface area contributed by atoms with Crippen LogP contribution in [0, 0.1) is 0 Å². The van der Waals surface area contributed by atoms with E-state index in [9.17, 15) is 4.79 Å². The van der Waals surface area contributed by atoms with Gasteiger partial charge in [-0.25, -0.2) is 0 Å². The second-order valence-electron chi connectivity index (χ2n) is 5.51. The van der Waals surface area contributed by atoms with Crippen LogP contribution in [-0.4, -0.2) is 60.5 Å². The van der Waals surface area contributed by atoms with Crippen molar-refractivity contribution in [2.45, 2.75) is 45.2 Å². The summed E-state index contributed by atoms with van der Waals surface area (Å²) in [5.41, 5.74) is 0. The predicted molar refractivity (Wildman–Crippen MR) is 68.9 cm³/mol. The van der Waals surface area contributed by atoms with Gasteiger partial charge in [-0.15, -0.1) is 0 Å². The highest BCUT2D eigenvalue weighted by atomic mass is 16.2. The molecule has 1 aliphatic heterocycles. The van der Waals surface area contributed by atoms with Gasteiger partial charge in [-0.05, 0) is 12.8 Å². The van der Waals surface area contributed by atoms with Crippen molar-refractivity contribution in [1.29, 1.82) is 0 Å². The van der Waals surface area contributed by atoms with Crippen LogP contribution in [0.4, 0.5) is 0 Å². The molecule has 2 rings (SSSR count). The number of carbonyl (C=O) groups is 1. The van der Waals surface area contributed by atoms with Crippen LogP contribution in [-0.2, 0) is 4.79 Å². The van der Waals surface area contributed by atoms with Crippen LogP contribution in [0.2, 0.25) is 0 Å². The molecule has 17 heavy (non-hydrogen) atoms. The first-order chi connectivity index (χ1) is 8.16. The second-order valence-corrected chi connectivity index (χ2v) is 5.51. The average Bonchev–Trinajstić information content (AvgIpc) is 3.12. The van der Waals surface area contributed by atoms with Gasteiger partial charge in [-0.1, -0.05) is 13.8 Å². The highest BCUT2D eigenvalue weighted by molar-refractivity contribution is 5.76. The van der Waals surface area contributed by atoms with Crippen LogP contribution in [0.1, 0.15) is 33.1 Å². The lowest BCUT2D eigenvalue weighted by Gasteiger charge is -2.35. The lowest BCUT2D eigenvalue weighted by Crippen LogP contribution is -2.49. The van der Waals surface area contributed by atoms with E-state index in [-0.39, 0.29) is 0 Å². The number of nitrogens with zero attached hydrogens (tertiary/aromatic N) is 2. The van der Waals surface area contributed by atoms with Crippen molar-refractivity contribution in [2.75, 3.05) is 32.7 Å². The van der Waals surface area contributed by atoms with E-state index in [1.807, 2.05) is 4.90 Å². The quantitative estimate of drug-likeness (QED) is 0.766. The van der Waals surface area contributed by atoms with Crippen LogP contribution in [0.25, 0.3) is 0 Å². The molecular weight excluding hydrogens is 214 g/mol. The smallest absolute Gasteiger partial charge is 0.223 e. The minimum Gasteiger partial charge on any atom is -0.340 e. The Balaban J connectivity index is 1.63. The molecule has 2 fully saturated rings. The predicted octanol–water partition coefficient (Wildman–Crippen LogP) is 0.681. The second kappa shape index (κ2) is 5.83. The monoisotopic (exact) mass is 239 g/mol. The molecule has 0 spiro atoms. The molecule has 1 saturated heterocycles. The summed E-state index contributed by atoms with van der Waals surface area (Å²) < 4.78 is 0. The molecule has 1 N–H and O–H groups in total. The van der Waals surface area contributed by atoms with E-state index in [0.717, 1.165) is 38.8 Å². The van der Waals surface area contributed by atoms with Gasteiger partial charge in [-0.3, -0.25) is 9.69 Å². The molecule has 0 aromatic carbocycles. The van der Waals surface area contributed by atoms with Crippen LogP contribution >= 0.6 is 0 Å². The minimum absolute atomic E-state index is 0.314. The molecule has 1 amide bonds. The molecule has 0 bridgehead atoms. The summed E-state index contributed by atoms with van der Waals surface area (Å²) in [5.74, 6) is 0.314. The van der Waals surface area contributed by atoms with Gasteiger partial charge in [0, 0.05) is 51.2 Å². The van der Waals surface area contributed by atoms with Gasteiger partial charge in [0.25, 0.3) is 0 Å². The van der Waals surface area contributed by atoms with Crippen LogP contribution in [0.5, 0.6) is 0 Å². The van der Waals surface area contributed by atoms with Gasteiger partial charge in [0.15, 0.2) is 0 Å². The summed E-state index contributed by atoms with van der Waals surface area (Å²) >= 11 is 0. The Morgan fingerprint density at radius 3 is 2.41 bits per heavy atom. The fraction of sp³-hybridized carbons (Fsp3) is 0.923. The Bertz CT molecular complexity index is 255. The van der Waals surface area contributed by atoms with E-state index in [1.165, 1.54) is 12.8 Å². The van der Waals surface area contributed by atoms with Crippen molar-refractivity contribution in [3.8, 4) is 0 Å². The standard InChI is InChI=1S/C13H25N3O/c1-11(2)14-6-5-13(17)16-9-7-15(8-10-16)12-3-4-12/h11-12,14H,3-10H2,1-2H3. The average molecular weight is 239 g/mol. The molecule has 1 aliphatic carbocycles. The maximum atomic E-state index is 11.9. The summed E-state index contributed by atoms with van der Waals surface area (Å²) in [6.07, 6.45) is 3.38. The zero-order chi connectivity index (χ0) is 12.3. The van der Waals surface area contributed by atoms with E-state index >= 15 is 0 Å². The molecular formula is C13H25N3O. The number of carbonyl (C=O) groups excluding carboxylic acids is 1. The summed E-state index contributed by atoms with van der Waals surface area (Å²) in [7, 11) is 0. The molecule has 1 saturated carbocycles. The Morgan fingerprint density at radius 2 is 1.88 bits per heavy atom. The fourth-order valence-electron chi connectivity index (χ4n) is 2.40. The lowest BCUT2D eigenvalue weighted by molar-refractivity contribution is -0.132. The molecule has 98 valence electrons. The Labute approximate surface area is 104 Å². The summed E-state index contributed by atoms with van der Waals surface area (Å²) in [4.78, 5) is 16.5. The van der Waals surface area contributed by atoms with Crippen LogP contribution in [0.15, 0.2) is 0 Å². The SMILES string of the molecule is CC(C)NCCC(=O)N1CCN(C2CC2)CC1. The maximum Gasteiger partial charge on any atom is 0.223 e. The van der Waals surface area contributed by atoms with Gasteiger partial charge >= 0.3 is 0 Å². The van der Waals surface area contributed by atoms with Crippen molar-refractivity contribution in [1.82, 2.24) is 15.1 Å². The minimum atomic E-state index is 0.314. The number of hydrogen-bond donors (Lipinski definition) is 1. The zero-order valence-electron chi connectivity index (χ0n) is 11.1. The normalized spacial score (nSPS) is 22.2. The highest BCUT2D eigenvalue weighted by Crippen LogP contribution is 2.27. The van der Waals surface area contributed by atoms with Crippen molar-refractivity contribution in [3.05, 3.63) is 0 Å².